The molecule has 2 aromatic rings. The normalized spacial score (nSPS) is 18.0. The van der Waals surface area contributed by atoms with Gasteiger partial charge in [-0.15, -0.1) is 0 Å². The lowest BCUT2D eigenvalue weighted by atomic mass is 9.99. The zero-order valence-corrected chi connectivity index (χ0v) is 17.5. The number of rotatable bonds is 6. The van der Waals surface area contributed by atoms with Crippen molar-refractivity contribution < 1.29 is 13.2 Å². The first-order chi connectivity index (χ1) is 13.4. The Morgan fingerprint density at radius 2 is 1.86 bits per heavy atom. The van der Waals surface area contributed by atoms with Gasteiger partial charge in [-0.2, -0.15) is 0 Å². The van der Waals surface area contributed by atoms with Gasteiger partial charge in [0.15, 0.2) is 0 Å². The molecule has 1 saturated heterocycles. The summed E-state index contributed by atoms with van der Waals surface area (Å²) >= 11 is 12.2. The standard InChI is InChI=1S/C19H21Cl2N3O3S/c20-17-4-1-5-18(21)16(17)13-28(26,27)24-10-2-3-15(12-24)19(25)23-11-14-6-8-22-9-7-14/h1,4-9,15H,2-3,10-13H2,(H,23,25)/t15-/m1/s1. The highest BCUT2D eigenvalue weighted by Crippen LogP contribution is 2.29. The smallest absolute Gasteiger partial charge is 0.224 e. The molecular formula is C19H21Cl2N3O3S. The highest BCUT2D eigenvalue weighted by molar-refractivity contribution is 7.88. The van der Waals surface area contributed by atoms with Crippen LogP contribution in [0.1, 0.15) is 24.0 Å². The number of piperidine rings is 1. The molecule has 1 N–H and O–H groups in total. The number of carbonyl (C=O) groups excluding carboxylic acids is 1. The van der Waals surface area contributed by atoms with E-state index in [0.717, 1.165) is 5.56 Å². The van der Waals surface area contributed by atoms with E-state index in [1.54, 1.807) is 30.6 Å². The van der Waals surface area contributed by atoms with E-state index in [4.69, 9.17) is 23.2 Å². The molecule has 1 aromatic heterocycles. The van der Waals surface area contributed by atoms with Gasteiger partial charge >= 0.3 is 0 Å². The molecule has 0 unspecified atom stereocenters. The minimum atomic E-state index is -3.64. The first kappa shape index (κ1) is 21.0. The summed E-state index contributed by atoms with van der Waals surface area (Å²) in [5, 5.41) is 3.52. The SMILES string of the molecule is O=C(NCc1ccncc1)[C@@H]1CCCN(S(=O)(=O)Cc2c(Cl)cccc2Cl)C1. The molecule has 0 aliphatic carbocycles. The van der Waals surface area contributed by atoms with E-state index < -0.39 is 10.0 Å². The molecule has 0 radical (unpaired) electrons. The van der Waals surface area contributed by atoms with Crippen LogP contribution in [0.15, 0.2) is 42.7 Å². The fourth-order valence-corrected chi connectivity index (χ4v) is 5.55. The molecule has 0 spiro atoms. The number of carbonyl (C=O) groups is 1. The van der Waals surface area contributed by atoms with Gasteiger partial charge in [-0.05, 0) is 42.7 Å². The van der Waals surface area contributed by atoms with Gasteiger partial charge in [0.25, 0.3) is 0 Å². The molecule has 0 saturated carbocycles. The Bertz CT molecular complexity index is 918. The average molecular weight is 442 g/mol. The van der Waals surface area contributed by atoms with Crippen molar-refractivity contribution in [3.8, 4) is 0 Å². The van der Waals surface area contributed by atoms with Gasteiger partial charge in [0, 0.05) is 47.6 Å². The molecule has 1 amide bonds. The maximum absolute atomic E-state index is 12.9. The molecule has 2 heterocycles. The van der Waals surface area contributed by atoms with Gasteiger partial charge in [0.1, 0.15) is 0 Å². The summed E-state index contributed by atoms with van der Waals surface area (Å²) in [6.07, 6.45) is 4.61. The summed E-state index contributed by atoms with van der Waals surface area (Å²) in [6.45, 7) is 0.935. The van der Waals surface area contributed by atoms with Crippen LogP contribution in [0.25, 0.3) is 0 Å². The molecule has 1 aliphatic rings. The number of sulfonamides is 1. The summed E-state index contributed by atoms with van der Waals surface area (Å²) in [4.78, 5) is 16.5. The van der Waals surface area contributed by atoms with Gasteiger partial charge in [-0.3, -0.25) is 9.78 Å². The van der Waals surface area contributed by atoms with Crippen LogP contribution >= 0.6 is 23.2 Å². The number of aromatic nitrogens is 1. The lowest BCUT2D eigenvalue weighted by molar-refractivity contribution is -0.126. The first-order valence-electron chi connectivity index (χ1n) is 8.94. The van der Waals surface area contributed by atoms with E-state index in [1.165, 1.54) is 4.31 Å². The predicted octanol–water partition coefficient (Wildman–Crippen LogP) is 3.25. The number of hydrogen-bond acceptors (Lipinski definition) is 4. The van der Waals surface area contributed by atoms with Gasteiger partial charge in [0.2, 0.25) is 15.9 Å². The zero-order chi connectivity index (χ0) is 20.1. The van der Waals surface area contributed by atoms with Gasteiger partial charge in [-0.25, -0.2) is 12.7 Å². The number of hydrogen-bond donors (Lipinski definition) is 1. The van der Waals surface area contributed by atoms with Crippen LogP contribution in [0.5, 0.6) is 0 Å². The third-order valence-electron chi connectivity index (χ3n) is 4.75. The Morgan fingerprint density at radius 1 is 1.18 bits per heavy atom. The number of nitrogens with one attached hydrogen (secondary N) is 1. The molecule has 1 aromatic carbocycles. The maximum Gasteiger partial charge on any atom is 0.224 e. The largest absolute Gasteiger partial charge is 0.352 e. The van der Waals surface area contributed by atoms with E-state index in [-0.39, 0.29) is 24.1 Å². The molecule has 6 nitrogen and oxygen atoms in total. The molecule has 0 bridgehead atoms. The van der Waals surface area contributed by atoms with Crippen molar-refractivity contribution >= 4 is 39.1 Å². The van der Waals surface area contributed by atoms with Crippen LogP contribution in [0, 0.1) is 5.92 Å². The molecule has 9 heteroatoms. The van der Waals surface area contributed by atoms with E-state index in [0.29, 0.717) is 41.5 Å². The summed E-state index contributed by atoms with van der Waals surface area (Å²) in [7, 11) is -3.64. The summed E-state index contributed by atoms with van der Waals surface area (Å²) in [5.41, 5.74) is 1.33. The summed E-state index contributed by atoms with van der Waals surface area (Å²) in [5.74, 6) is -0.809. The number of pyridine rings is 1. The van der Waals surface area contributed by atoms with Crippen LogP contribution in [-0.2, 0) is 27.1 Å². The van der Waals surface area contributed by atoms with Crippen LogP contribution in [0.4, 0.5) is 0 Å². The van der Waals surface area contributed by atoms with Crippen LogP contribution in [-0.4, -0.2) is 36.7 Å². The first-order valence-corrected chi connectivity index (χ1v) is 11.3. The molecule has 150 valence electrons. The highest BCUT2D eigenvalue weighted by Gasteiger charge is 2.33. The van der Waals surface area contributed by atoms with Crippen molar-refractivity contribution in [1.29, 1.82) is 0 Å². The van der Waals surface area contributed by atoms with E-state index in [1.807, 2.05) is 12.1 Å². The van der Waals surface area contributed by atoms with E-state index in [9.17, 15) is 13.2 Å². The van der Waals surface area contributed by atoms with Gasteiger partial charge in [0.05, 0.1) is 11.7 Å². The topological polar surface area (TPSA) is 79.4 Å². The van der Waals surface area contributed by atoms with Crippen LogP contribution in [0.3, 0.4) is 0 Å². The minimum Gasteiger partial charge on any atom is -0.352 e. The third kappa shape index (κ3) is 5.23. The predicted molar refractivity (Wildman–Crippen MR) is 109 cm³/mol. The number of nitrogens with zero attached hydrogens (tertiary/aromatic N) is 2. The Hall–Kier alpha value is -1.67. The van der Waals surface area contributed by atoms with Crippen molar-refractivity contribution in [1.82, 2.24) is 14.6 Å². The van der Waals surface area contributed by atoms with Crippen molar-refractivity contribution in [2.24, 2.45) is 5.92 Å². The van der Waals surface area contributed by atoms with Crippen LogP contribution < -0.4 is 5.32 Å². The fraction of sp³-hybridized carbons (Fsp3) is 0.368. The monoisotopic (exact) mass is 441 g/mol. The average Bonchev–Trinajstić information content (AvgIpc) is 2.70. The quantitative estimate of drug-likeness (QED) is 0.745. The Kier molecular flexibility index (Phi) is 6.93. The number of amides is 1. The highest BCUT2D eigenvalue weighted by atomic mass is 35.5. The van der Waals surface area contributed by atoms with Crippen molar-refractivity contribution in [2.45, 2.75) is 25.1 Å². The minimum absolute atomic E-state index is 0.146. The Balaban J connectivity index is 1.64. The van der Waals surface area contributed by atoms with Crippen molar-refractivity contribution in [3.05, 3.63) is 63.9 Å². The Morgan fingerprint density at radius 3 is 2.54 bits per heavy atom. The van der Waals surface area contributed by atoms with Gasteiger partial charge < -0.3 is 5.32 Å². The zero-order valence-electron chi connectivity index (χ0n) is 15.1. The van der Waals surface area contributed by atoms with E-state index in [2.05, 4.69) is 10.3 Å². The lowest BCUT2D eigenvalue weighted by Gasteiger charge is -2.31. The molecule has 1 atom stereocenters. The van der Waals surface area contributed by atoms with Crippen molar-refractivity contribution in [2.75, 3.05) is 13.1 Å². The third-order valence-corrected chi connectivity index (χ3v) is 7.23. The summed E-state index contributed by atoms with van der Waals surface area (Å²) < 4.78 is 27.1. The molecule has 28 heavy (non-hydrogen) atoms. The number of halogens is 2. The molecular weight excluding hydrogens is 421 g/mol. The Labute approximate surface area is 174 Å². The van der Waals surface area contributed by atoms with Crippen LogP contribution in [0.2, 0.25) is 10.0 Å². The second-order valence-electron chi connectivity index (χ2n) is 6.73. The van der Waals surface area contributed by atoms with Gasteiger partial charge in [-0.1, -0.05) is 29.3 Å². The van der Waals surface area contributed by atoms with Crippen molar-refractivity contribution in [3.63, 3.8) is 0 Å². The van der Waals surface area contributed by atoms with E-state index >= 15 is 0 Å². The summed E-state index contributed by atoms with van der Waals surface area (Å²) in [6, 6.07) is 8.55. The number of benzene rings is 1. The lowest BCUT2D eigenvalue weighted by Crippen LogP contribution is -2.45. The molecule has 3 rings (SSSR count). The molecule has 1 fully saturated rings. The fourth-order valence-electron chi connectivity index (χ4n) is 3.19. The molecule has 1 aliphatic heterocycles. The second-order valence-corrected chi connectivity index (χ2v) is 9.51. The second kappa shape index (κ2) is 9.22. The maximum atomic E-state index is 12.9.